The average molecular weight is 254 g/mol. The highest BCUT2D eigenvalue weighted by Crippen LogP contribution is 2.45. The molecule has 1 aliphatic heterocycles. The first-order chi connectivity index (χ1) is 8.47. The Morgan fingerprint density at radius 3 is 3.06 bits per heavy atom. The third-order valence-electron chi connectivity index (χ3n) is 3.82. The summed E-state index contributed by atoms with van der Waals surface area (Å²) >= 11 is 0. The SMILES string of the molecule is Cc1cn2c(nc1=O)O[C@H]1[C@@H]2C[C@H](O)[C@@]1(O)CO. The Morgan fingerprint density at radius 2 is 2.39 bits per heavy atom. The van der Waals surface area contributed by atoms with E-state index in [0.29, 0.717) is 5.56 Å². The summed E-state index contributed by atoms with van der Waals surface area (Å²) < 4.78 is 7.06. The zero-order valence-corrected chi connectivity index (χ0v) is 9.78. The van der Waals surface area contributed by atoms with Gasteiger partial charge in [-0.25, -0.2) is 0 Å². The second-order valence-corrected chi connectivity index (χ2v) is 4.93. The molecule has 98 valence electrons. The summed E-state index contributed by atoms with van der Waals surface area (Å²) in [5.41, 5.74) is -1.62. The normalized spacial score (nSPS) is 37.2. The molecule has 18 heavy (non-hydrogen) atoms. The summed E-state index contributed by atoms with van der Waals surface area (Å²) in [5, 5.41) is 29.3. The summed E-state index contributed by atoms with van der Waals surface area (Å²) in [6, 6.07) is -0.196. The topological polar surface area (TPSA) is 105 Å². The van der Waals surface area contributed by atoms with Gasteiger partial charge in [0.05, 0.1) is 18.8 Å². The highest BCUT2D eigenvalue weighted by molar-refractivity contribution is 5.21. The zero-order valence-electron chi connectivity index (χ0n) is 9.78. The molecular weight excluding hydrogens is 240 g/mol. The minimum Gasteiger partial charge on any atom is -0.456 e. The maximum absolute atomic E-state index is 11.4. The van der Waals surface area contributed by atoms with Crippen LogP contribution in [0.5, 0.6) is 6.01 Å². The average Bonchev–Trinajstić information content (AvgIpc) is 2.78. The molecule has 0 aromatic carbocycles. The summed E-state index contributed by atoms with van der Waals surface area (Å²) in [6.45, 7) is 1.03. The smallest absolute Gasteiger partial charge is 0.300 e. The minimum atomic E-state index is -1.71. The number of aromatic nitrogens is 2. The van der Waals surface area contributed by atoms with Crippen LogP contribution in [-0.2, 0) is 0 Å². The number of aliphatic hydroxyl groups is 3. The van der Waals surface area contributed by atoms with Crippen LogP contribution in [0.1, 0.15) is 18.0 Å². The van der Waals surface area contributed by atoms with Crippen LogP contribution in [0.2, 0.25) is 0 Å². The molecule has 3 rings (SSSR count). The van der Waals surface area contributed by atoms with Crippen LogP contribution >= 0.6 is 0 Å². The Labute approximate surface area is 102 Å². The third kappa shape index (κ3) is 1.29. The molecule has 1 aromatic heterocycles. The zero-order chi connectivity index (χ0) is 13.1. The molecule has 0 saturated heterocycles. The van der Waals surface area contributed by atoms with Gasteiger partial charge in [0, 0.05) is 18.2 Å². The van der Waals surface area contributed by atoms with Gasteiger partial charge in [0.15, 0.2) is 11.7 Å². The number of fused-ring (bicyclic) bond motifs is 3. The van der Waals surface area contributed by atoms with Crippen molar-refractivity contribution in [3.05, 3.63) is 22.1 Å². The predicted molar refractivity (Wildman–Crippen MR) is 59.3 cm³/mol. The molecule has 0 amide bonds. The van der Waals surface area contributed by atoms with E-state index in [-0.39, 0.29) is 24.0 Å². The van der Waals surface area contributed by atoms with Gasteiger partial charge >= 0.3 is 6.01 Å². The molecule has 4 atom stereocenters. The molecule has 1 aromatic rings. The van der Waals surface area contributed by atoms with E-state index in [4.69, 9.17) is 4.74 Å². The molecule has 2 heterocycles. The Bertz CT molecular complexity index is 557. The van der Waals surface area contributed by atoms with Crippen LogP contribution in [-0.4, -0.2) is 49.3 Å². The van der Waals surface area contributed by atoms with Gasteiger partial charge in [-0.2, -0.15) is 4.98 Å². The number of hydrogen-bond donors (Lipinski definition) is 3. The minimum absolute atomic E-state index is 0.124. The first-order valence-electron chi connectivity index (χ1n) is 5.75. The molecule has 1 aliphatic carbocycles. The van der Waals surface area contributed by atoms with E-state index in [1.165, 1.54) is 0 Å². The van der Waals surface area contributed by atoms with Gasteiger partial charge in [0.25, 0.3) is 5.56 Å². The van der Waals surface area contributed by atoms with Crippen LogP contribution < -0.4 is 10.3 Å². The van der Waals surface area contributed by atoms with Crippen LogP contribution in [0.15, 0.2) is 11.0 Å². The van der Waals surface area contributed by atoms with Crippen LogP contribution in [0.4, 0.5) is 0 Å². The summed E-state index contributed by atoms with van der Waals surface area (Å²) in [5.74, 6) is 0. The standard InChI is InChI=1S/C11H14N2O5/c1-5-3-13-6-2-7(15)11(17,4-14)8(6)18-10(13)12-9(5)16/h3,6-8,14-15,17H,2,4H2,1H3/t6-,7-,8-,11-/m0/s1. The monoisotopic (exact) mass is 254 g/mol. The first kappa shape index (κ1) is 11.6. The lowest BCUT2D eigenvalue weighted by molar-refractivity contribution is -0.129. The van der Waals surface area contributed by atoms with Crippen molar-refractivity contribution >= 4 is 0 Å². The second-order valence-electron chi connectivity index (χ2n) is 4.93. The van der Waals surface area contributed by atoms with Crippen LogP contribution in [0.25, 0.3) is 0 Å². The maximum atomic E-state index is 11.4. The van der Waals surface area contributed by atoms with Crippen LogP contribution in [0.3, 0.4) is 0 Å². The molecule has 2 aliphatic rings. The van der Waals surface area contributed by atoms with Gasteiger partial charge in [0.1, 0.15) is 0 Å². The number of aliphatic hydroxyl groups excluding tert-OH is 2. The number of aryl methyl sites for hydroxylation is 1. The molecule has 7 heteroatoms. The largest absolute Gasteiger partial charge is 0.456 e. The van der Waals surface area contributed by atoms with E-state index in [0.717, 1.165) is 0 Å². The first-order valence-corrected chi connectivity index (χ1v) is 5.75. The molecule has 0 unspecified atom stereocenters. The van der Waals surface area contributed by atoms with Gasteiger partial charge in [0.2, 0.25) is 0 Å². The van der Waals surface area contributed by atoms with Gasteiger partial charge in [-0.05, 0) is 6.92 Å². The van der Waals surface area contributed by atoms with Crippen molar-refractivity contribution in [2.75, 3.05) is 6.61 Å². The summed E-state index contributed by atoms with van der Waals surface area (Å²) in [4.78, 5) is 15.2. The lowest BCUT2D eigenvalue weighted by atomic mass is 9.98. The fourth-order valence-electron chi connectivity index (χ4n) is 2.70. The summed E-state index contributed by atoms with van der Waals surface area (Å²) in [6.07, 6.45) is 0.000691. The van der Waals surface area contributed by atoms with Gasteiger partial charge in [-0.1, -0.05) is 0 Å². The summed E-state index contributed by atoms with van der Waals surface area (Å²) in [7, 11) is 0. The van der Waals surface area contributed by atoms with Crippen molar-refractivity contribution in [2.45, 2.75) is 37.2 Å². The van der Waals surface area contributed by atoms with E-state index in [2.05, 4.69) is 4.98 Å². The number of ether oxygens (including phenoxy) is 1. The van der Waals surface area contributed by atoms with Crippen molar-refractivity contribution in [1.29, 1.82) is 0 Å². The number of nitrogens with zero attached hydrogens (tertiary/aromatic N) is 2. The molecule has 1 saturated carbocycles. The van der Waals surface area contributed by atoms with Crippen molar-refractivity contribution in [3.8, 4) is 6.01 Å². The Morgan fingerprint density at radius 1 is 1.67 bits per heavy atom. The molecule has 1 fully saturated rings. The Kier molecular flexibility index (Phi) is 2.28. The predicted octanol–water partition coefficient (Wildman–Crippen LogP) is -1.66. The quantitative estimate of drug-likeness (QED) is 0.554. The van der Waals surface area contributed by atoms with Crippen LogP contribution in [0, 0.1) is 6.92 Å². The fourth-order valence-corrected chi connectivity index (χ4v) is 2.70. The van der Waals surface area contributed by atoms with E-state index >= 15 is 0 Å². The van der Waals surface area contributed by atoms with Gasteiger partial charge < -0.3 is 20.1 Å². The van der Waals surface area contributed by atoms with Crippen molar-refractivity contribution < 1.29 is 20.1 Å². The molecular formula is C11H14N2O5. The van der Waals surface area contributed by atoms with Gasteiger partial charge in [-0.15, -0.1) is 0 Å². The van der Waals surface area contributed by atoms with E-state index in [9.17, 15) is 20.1 Å². The van der Waals surface area contributed by atoms with Crippen molar-refractivity contribution in [2.24, 2.45) is 0 Å². The highest BCUT2D eigenvalue weighted by atomic mass is 16.5. The van der Waals surface area contributed by atoms with Gasteiger partial charge in [-0.3, -0.25) is 9.36 Å². The molecule has 7 nitrogen and oxygen atoms in total. The van der Waals surface area contributed by atoms with E-state index in [1.807, 2.05) is 0 Å². The molecule has 0 spiro atoms. The van der Waals surface area contributed by atoms with Crippen molar-refractivity contribution in [1.82, 2.24) is 9.55 Å². The number of hydrogen-bond acceptors (Lipinski definition) is 6. The lowest BCUT2D eigenvalue weighted by Crippen LogP contribution is -2.51. The molecule has 0 bridgehead atoms. The van der Waals surface area contributed by atoms with E-state index < -0.39 is 24.4 Å². The second kappa shape index (κ2) is 3.53. The maximum Gasteiger partial charge on any atom is 0.300 e. The van der Waals surface area contributed by atoms with E-state index in [1.54, 1.807) is 17.7 Å². The third-order valence-corrected chi connectivity index (χ3v) is 3.82. The molecule has 0 radical (unpaired) electrons. The fraction of sp³-hybridized carbons (Fsp3) is 0.636. The Hall–Kier alpha value is -1.44. The lowest BCUT2D eigenvalue weighted by Gasteiger charge is -2.28. The van der Waals surface area contributed by atoms with Crippen molar-refractivity contribution in [3.63, 3.8) is 0 Å². The molecule has 3 N–H and O–H groups in total. The Balaban J connectivity index is 2.08. The highest BCUT2D eigenvalue weighted by Gasteiger charge is 2.59. The number of rotatable bonds is 1.